The van der Waals surface area contributed by atoms with Crippen LogP contribution >= 0.6 is 0 Å². The first-order chi connectivity index (χ1) is 8.61. The van der Waals surface area contributed by atoms with Crippen LogP contribution < -0.4 is 0 Å². The molecule has 1 aliphatic carbocycles. The Hall–Kier alpha value is -0.0800. The van der Waals surface area contributed by atoms with E-state index in [1.54, 1.807) is 0 Å². The molecule has 0 amide bonds. The molecule has 1 fully saturated rings. The first kappa shape index (κ1) is 16.0. The van der Waals surface area contributed by atoms with Gasteiger partial charge in [0.1, 0.15) is 0 Å². The zero-order valence-corrected chi connectivity index (χ0v) is 12.7. The van der Waals surface area contributed by atoms with Crippen LogP contribution in [0.25, 0.3) is 0 Å². The highest BCUT2D eigenvalue weighted by atomic mass is 16.3. The molecule has 18 heavy (non-hydrogen) atoms. The molecule has 0 aromatic rings. The molecule has 0 unspecified atom stereocenters. The van der Waals surface area contributed by atoms with E-state index in [4.69, 9.17) is 0 Å². The fraction of sp³-hybridized carbons (Fsp3) is 1.00. The molecular formula is C16H32O2. The van der Waals surface area contributed by atoms with E-state index in [0.717, 1.165) is 32.1 Å². The van der Waals surface area contributed by atoms with Gasteiger partial charge in [-0.1, -0.05) is 47.0 Å². The molecule has 2 heteroatoms. The van der Waals surface area contributed by atoms with Gasteiger partial charge in [-0.25, -0.2) is 0 Å². The fourth-order valence-electron chi connectivity index (χ4n) is 4.31. The summed E-state index contributed by atoms with van der Waals surface area (Å²) in [5.74, 6) is 1.53. The third-order valence-electron chi connectivity index (χ3n) is 5.55. The predicted octanol–water partition coefficient (Wildman–Crippen LogP) is 3.61. The molecule has 108 valence electrons. The van der Waals surface area contributed by atoms with E-state index >= 15 is 0 Å². The molecule has 2 N–H and O–H groups in total. The largest absolute Gasteiger partial charge is 0.396 e. The Kier molecular flexibility index (Phi) is 6.13. The molecule has 5 atom stereocenters. The highest BCUT2D eigenvalue weighted by molar-refractivity contribution is 5.00. The van der Waals surface area contributed by atoms with Crippen molar-refractivity contribution in [1.82, 2.24) is 0 Å². The summed E-state index contributed by atoms with van der Waals surface area (Å²) < 4.78 is 0. The fourth-order valence-corrected chi connectivity index (χ4v) is 4.31. The Labute approximate surface area is 113 Å². The Balaban J connectivity index is 3.08. The molecule has 0 radical (unpaired) electrons. The van der Waals surface area contributed by atoms with Gasteiger partial charge < -0.3 is 10.2 Å². The van der Waals surface area contributed by atoms with E-state index in [2.05, 4.69) is 27.7 Å². The second-order valence-electron chi connectivity index (χ2n) is 6.16. The molecule has 0 aromatic carbocycles. The Morgan fingerprint density at radius 3 is 2.06 bits per heavy atom. The summed E-state index contributed by atoms with van der Waals surface area (Å²) in [7, 11) is 0. The monoisotopic (exact) mass is 256 g/mol. The van der Waals surface area contributed by atoms with Gasteiger partial charge in [-0.05, 0) is 37.0 Å². The highest BCUT2D eigenvalue weighted by Crippen LogP contribution is 2.52. The molecule has 1 saturated carbocycles. The molecule has 2 nitrogen and oxygen atoms in total. The Bertz CT molecular complexity index is 235. The van der Waals surface area contributed by atoms with Crippen LogP contribution in [0.3, 0.4) is 0 Å². The van der Waals surface area contributed by atoms with E-state index in [1.807, 2.05) is 0 Å². The molecule has 0 heterocycles. The Morgan fingerprint density at radius 1 is 1.06 bits per heavy atom. The van der Waals surface area contributed by atoms with Crippen molar-refractivity contribution in [2.75, 3.05) is 6.61 Å². The summed E-state index contributed by atoms with van der Waals surface area (Å²) in [6, 6.07) is 0. The van der Waals surface area contributed by atoms with E-state index in [9.17, 15) is 10.2 Å². The first-order valence-electron chi connectivity index (χ1n) is 7.90. The van der Waals surface area contributed by atoms with Crippen molar-refractivity contribution in [3.8, 4) is 0 Å². The van der Waals surface area contributed by atoms with Crippen molar-refractivity contribution in [3.05, 3.63) is 0 Å². The van der Waals surface area contributed by atoms with Gasteiger partial charge in [0.05, 0.1) is 12.7 Å². The lowest BCUT2D eigenvalue weighted by Crippen LogP contribution is -2.54. The van der Waals surface area contributed by atoms with Gasteiger partial charge in [0.15, 0.2) is 0 Å². The van der Waals surface area contributed by atoms with Crippen LogP contribution in [-0.4, -0.2) is 22.9 Å². The van der Waals surface area contributed by atoms with Crippen LogP contribution in [0.1, 0.15) is 66.2 Å². The van der Waals surface area contributed by atoms with Gasteiger partial charge in [-0.3, -0.25) is 0 Å². The van der Waals surface area contributed by atoms with Gasteiger partial charge >= 0.3 is 0 Å². The summed E-state index contributed by atoms with van der Waals surface area (Å²) in [6.45, 7) is 8.91. The van der Waals surface area contributed by atoms with Crippen LogP contribution in [0.5, 0.6) is 0 Å². The molecule has 0 bridgehead atoms. The molecular weight excluding hydrogens is 224 g/mol. The maximum absolute atomic E-state index is 10.7. The number of hydrogen-bond acceptors (Lipinski definition) is 2. The minimum absolute atomic E-state index is 0.141. The van der Waals surface area contributed by atoms with Crippen LogP contribution in [-0.2, 0) is 0 Å². The zero-order valence-electron chi connectivity index (χ0n) is 12.7. The van der Waals surface area contributed by atoms with Gasteiger partial charge in [0.25, 0.3) is 0 Å². The van der Waals surface area contributed by atoms with Crippen LogP contribution in [0, 0.1) is 23.2 Å². The number of rotatable bonds is 6. The average molecular weight is 256 g/mol. The van der Waals surface area contributed by atoms with Crippen molar-refractivity contribution < 1.29 is 10.2 Å². The van der Waals surface area contributed by atoms with Gasteiger partial charge in [0.2, 0.25) is 0 Å². The number of hydrogen-bond donors (Lipinski definition) is 2. The van der Waals surface area contributed by atoms with Crippen molar-refractivity contribution in [1.29, 1.82) is 0 Å². The molecule has 1 aliphatic rings. The predicted molar refractivity (Wildman–Crippen MR) is 76.4 cm³/mol. The lowest BCUT2D eigenvalue weighted by Gasteiger charge is -2.53. The van der Waals surface area contributed by atoms with Crippen molar-refractivity contribution in [2.24, 2.45) is 23.2 Å². The summed E-state index contributed by atoms with van der Waals surface area (Å²) in [5, 5.41) is 20.7. The number of aliphatic hydroxyl groups excluding tert-OH is 2. The summed E-state index contributed by atoms with van der Waals surface area (Å²) in [4.78, 5) is 0. The molecule has 0 aliphatic heterocycles. The van der Waals surface area contributed by atoms with E-state index in [0.29, 0.717) is 17.8 Å². The van der Waals surface area contributed by atoms with Gasteiger partial charge in [0, 0.05) is 5.41 Å². The Morgan fingerprint density at radius 2 is 1.67 bits per heavy atom. The third kappa shape index (κ3) is 2.60. The maximum Gasteiger partial charge on any atom is 0.0649 e. The molecule has 1 rings (SSSR count). The molecule has 0 aromatic heterocycles. The summed E-state index contributed by atoms with van der Waals surface area (Å²) in [5.41, 5.74) is -0.254. The number of aliphatic hydroxyl groups is 2. The average Bonchev–Trinajstić information content (AvgIpc) is 2.40. The van der Waals surface area contributed by atoms with Crippen molar-refractivity contribution in [3.63, 3.8) is 0 Å². The second-order valence-corrected chi connectivity index (χ2v) is 6.16. The minimum Gasteiger partial charge on any atom is -0.396 e. The first-order valence-corrected chi connectivity index (χ1v) is 7.90. The lowest BCUT2D eigenvalue weighted by atomic mass is 9.54. The normalized spacial score (nSPS) is 41.0. The third-order valence-corrected chi connectivity index (χ3v) is 5.55. The van der Waals surface area contributed by atoms with Crippen molar-refractivity contribution >= 4 is 0 Å². The second kappa shape index (κ2) is 6.91. The van der Waals surface area contributed by atoms with Gasteiger partial charge in [-0.2, -0.15) is 0 Å². The van der Waals surface area contributed by atoms with Crippen LogP contribution in [0.15, 0.2) is 0 Å². The minimum atomic E-state index is -0.322. The van der Waals surface area contributed by atoms with Crippen LogP contribution in [0.2, 0.25) is 0 Å². The highest BCUT2D eigenvalue weighted by Gasteiger charge is 2.51. The molecule has 0 spiro atoms. The van der Waals surface area contributed by atoms with E-state index < -0.39 is 0 Å². The standard InChI is InChI=1S/C16H32O2/c1-5-9-14-12(6-2)10-13(7-3)15(18)16(14,8-4)11-17/h12-15,17-18H,5-11H2,1-4H3/t12-,13-,14-,15-,16-/m0/s1. The maximum atomic E-state index is 10.7. The molecule has 0 saturated heterocycles. The zero-order chi connectivity index (χ0) is 13.8. The van der Waals surface area contributed by atoms with Gasteiger partial charge in [-0.15, -0.1) is 0 Å². The summed E-state index contributed by atoms with van der Waals surface area (Å²) in [6.07, 6.45) is 6.20. The quantitative estimate of drug-likeness (QED) is 0.762. The van der Waals surface area contributed by atoms with E-state index in [1.165, 1.54) is 6.42 Å². The summed E-state index contributed by atoms with van der Waals surface area (Å²) >= 11 is 0. The smallest absolute Gasteiger partial charge is 0.0649 e. The van der Waals surface area contributed by atoms with Crippen LogP contribution in [0.4, 0.5) is 0 Å². The SMILES string of the molecule is CCC[C@H]1[C@@H](CC)C[C@H](CC)[C@H](O)[C@@]1(CC)CO. The van der Waals surface area contributed by atoms with Crippen molar-refractivity contribution in [2.45, 2.75) is 72.3 Å². The van der Waals surface area contributed by atoms with E-state index in [-0.39, 0.29) is 18.1 Å². The topological polar surface area (TPSA) is 40.5 Å². The lowest BCUT2D eigenvalue weighted by molar-refractivity contribution is -0.144.